The van der Waals surface area contributed by atoms with Gasteiger partial charge < -0.3 is 9.47 Å². The van der Waals surface area contributed by atoms with Crippen LogP contribution in [0.5, 0.6) is 11.5 Å². The van der Waals surface area contributed by atoms with E-state index in [1.807, 2.05) is 32.0 Å². The van der Waals surface area contributed by atoms with Gasteiger partial charge in [-0.2, -0.15) is 0 Å². The van der Waals surface area contributed by atoms with E-state index >= 15 is 0 Å². The lowest BCUT2D eigenvalue weighted by Crippen LogP contribution is -2.44. The highest BCUT2D eigenvalue weighted by molar-refractivity contribution is 5.97. The van der Waals surface area contributed by atoms with Crippen LogP contribution in [0.25, 0.3) is 0 Å². The smallest absolute Gasteiger partial charge is 0.276 e. The molecule has 2 aromatic carbocycles. The summed E-state index contributed by atoms with van der Waals surface area (Å²) in [4.78, 5) is 24.4. The third-order valence-electron chi connectivity index (χ3n) is 4.06. The molecule has 28 heavy (non-hydrogen) atoms. The molecule has 0 radical (unpaired) electrons. The molecular weight excluding hydrogens is 356 g/mol. The second-order valence-corrected chi connectivity index (χ2v) is 6.83. The van der Waals surface area contributed by atoms with Crippen LogP contribution in [0, 0.1) is 6.92 Å². The van der Waals surface area contributed by atoms with Crippen LogP contribution in [0.15, 0.2) is 42.5 Å². The molecule has 0 aliphatic rings. The van der Waals surface area contributed by atoms with Crippen molar-refractivity contribution in [2.75, 3.05) is 13.2 Å². The Morgan fingerprint density at radius 2 is 1.75 bits per heavy atom. The van der Waals surface area contributed by atoms with Crippen LogP contribution >= 0.6 is 0 Å². The van der Waals surface area contributed by atoms with Gasteiger partial charge in [-0.3, -0.25) is 20.4 Å². The van der Waals surface area contributed by atoms with E-state index in [-0.39, 0.29) is 12.5 Å². The zero-order valence-corrected chi connectivity index (χ0v) is 16.9. The summed E-state index contributed by atoms with van der Waals surface area (Å²) < 4.78 is 11.2. The minimum absolute atomic E-state index is 0.197. The predicted octanol–water partition coefficient (Wildman–Crippen LogP) is 3.75. The predicted molar refractivity (Wildman–Crippen MR) is 109 cm³/mol. The number of rotatable bonds is 8. The second kappa shape index (κ2) is 10.3. The molecule has 0 aliphatic carbocycles. The van der Waals surface area contributed by atoms with Crippen LogP contribution in [-0.2, 0) is 4.79 Å². The molecule has 0 saturated carbocycles. The molecule has 0 saturated heterocycles. The Balaban J connectivity index is 1.91. The lowest BCUT2D eigenvalue weighted by Gasteiger charge is -2.15. The molecule has 2 N–H and O–H groups in total. The Bertz CT molecular complexity index is 818. The number of aryl methyl sites for hydroxylation is 1. The monoisotopic (exact) mass is 384 g/mol. The molecule has 0 aliphatic heterocycles. The van der Waals surface area contributed by atoms with Gasteiger partial charge in [0.25, 0.3) is 11.8 Å². The number of benzene rings is 2. The van der Waals surface area contributed by atoms with E-state index in [1.54, 1.807) is 24.3 Å². The van der Waals surface area contributed by atoms with Crippen LogP contribution in [0.1, 0.15) is 54.6 Å². The van der Waals surface area contributed by atoms with Gasteiger partial charge in [-0.25, -0.2) is 0 Å². The summed E-state index contributed by atoms with van der Waals surface area (Å²) >= 11 is 0. The Hall–Kier alpha value is -3.02. The normalized spacial score (nSPS) is 10.5. The van der Waals surface area contributed by atoms with Crippen LogP contribution in [0.3, 0.4) is 0 Å². The zero-order chi connectivity index (χ0) is 20.5. The van der Waals surface area contributed by atoms with E-state index in [4.69, 9.17) is 9.47 Å². The summed E-state index contributed by atoms with van der Waals surface area (Å²) in [5, 5.41) is 0. The van der Waals surface area contributed by atoms with E-state index in [0.717, 1.165) is 17.5 Å². The number of hydrogen-bond donors (Lipinski definition) is 2. The first-order chi connectivity index (χ1) is 13.4. The Kier molecular flexibility index (Phi) is 7.87. The van der Waals surface area contributed by atoms with Gasteiger partial charge in [-0.05, 0) is 48.6 Å². The molecule has 2 amide bonds. The van der Waals surface area contributed by atoms with E-state index in [0.29, 0.717) is 23.7 Å². The van der Waals surface area contributed by atoms with E-state index in [9.17, 15) is 9.59 Å². The first kappa shape index (κ1) is 21.3. The summed E-state index contributed by atoms with van der Waals surface area (Å²) in [5.74, 6) is 0.538. The molecule has 150 valence electrons. The van der Waals surface area contributed by atoms with Crippen LogP contribution < -0.4 is 20.3 Å². The number of nitrogens with one attached hydrogen (secondary N) is 2. The molecule has 0 fully saturated rings. The maximum absolute atomic E-state index is 12.3. The van der Waals surface area contributed by atoms with Crippen molar-refractivity contribution < 1.29 is 19.1 Å². The number of carbonyl (C=O) groups is 2. The minimum Gasteiger partial charge on any atom is -0.493 e. The van der Waals surface area contributed by atoms with Gasteiger partial charge in [0.1, 0.15) is 11.5 Å². The van der Waals surface area contributed by atoms with Crippen molar-refractivity contribution in [2.45, 2.75) is 40.0 Å². The van der Waals surface area contributed by atoms with Crippen LogP contribution in [0.4, 0.5) is 0 Å². The zero-order valence-electron chi connectivity index (χ0n) is 16.9. The van der Waals surface area contributed by atoms with Gasteiger partial charge in [0.15, 0.2) is 6.61 Å². The molecule has 2 rings (SSSR count). The van der Waals surface area contributed by atoms with E-state index < -0.39 is 11.8 Å². The number of hydrogen-bond acceptors (Lipinski definition) is 4. The molecule has 0 atom stereocenters. The minimum atomic E-state index is -0.448. The number of hydrazine groups is 1. The van der Waals surface area contributed by atoms with E-state index in [2.05, 4.69) is 24.7 Å². The average Bonchev–Trinajstić information content (AvgIpc) is 2.68. The highest BCUT2D eigenvalue weighted by Gasteiger charge is 2.14. The first-order valence-corrected chi connectivity index (χ1v) is 9.46. The van der Waals surface area contributed by atoms with E-state index in [1.165, 1.54) is 0 Å². The van der Waals surface area contributed by atoms with Crippen molar-refractivity contribution in [3.05, 3.63) is 59.2 Å². The summed E-state index contributed by atoms with van der Waals surface area (Å²) in [6.45, 7) is 8.40. The van der Waals surface area contributed by atoms with Crippen LogP contribution in [0.2, 0.25) is 0 Å². The van der Waals surface area contributed by atoms with Crippen LogP contribution in [-0.4, -0.2) is 25.0 Å². The Morgan fingerprint density at radius 3 is 2.46 bits per heavy atom. The van der Waals surface area contributed by atoms with Gasteiger partial charge in [-0.15, -0.1) is 0 Å². The van der Waals surface area contributed by atoms with Crippen molar-refractivity contribution in [2.24, 2.45) is 0 Å². The highest BCUT2D eigenvalue weighted by Crippen LogP contribution is 2.27. The number of ether oxygens (including phenoxy) is 2. The Labute approximate surface area is 166 Å². The largest absolute Gasteiger partial charge is 0.493 e. The van der Waals surface area contributed by atoms with Gasteiger partial charge in [-0.1, -0.05) is 45.0 Å². The third kappa shape index (κ3) is 6.01. The Morgan fingerprint density at radius 1 is 1.00 bits per heavy atom. The molecule has 6 heteroatoms. The molecule has 0 aromatic heterocycles. The first-order valence-electron chi connectivity index (χ1n) is 9.46. The van der Waals surface area contributed by atoms with Gasteiger partial charge in [0.05, 0.1) is 12.2 Å². The number of amides is 2. The molecular formula is C22H28N2O4. The quantitative estimate of drug-likeness (QED) is 0.680. The van der Waals surface area contributed by atoms with Crippen molar-refractivity contribution >= 4 is 11.8 Å². The van der Waals surface area contributed by atoms with Gasteiger partial charge in [0.2, 0.25) is 0 Å². The third-order valence-corrected chi connectivity index (χ3v) is 4.06. The lowest BCUT2D eigenvalue weighted by molar-refractivity contribution is -0.123. The fraction of sp³-hybridized carbons (Fsp3) is 0.364. The molecule has 0 spiro atoms. The number of carbonyl (C=O) groups excluding carboxylic acids is 2. The van der Waals surface area contributed by atoms with Crippen molar-refractivity contribution in [3.8, 4) is 11.5 Å². The fourth-order valence-corrected chi connectivity index (χ4v) is 2.61. The maximum Gasteiger partial charge on any atom is 0.276 e. The van der Waals surface area contributed by atoms with Gasteiger partial charge in [0, 0.05) is 0 Å². The summed E-state index contributed by atoms with van der Waals surface area (Å²) in [5.41, 5.74) is 7.22. The fourth-order valence-electron chi connectivity index (χ4n) is 2.61. The van der Waals surface area contributed by atoms with Crippen molar-refractivity contribution in [1.29, 1.82) is 0 Å². The summed E-state index contributed by atoms with van der Waals surface area (Å²) in [6, 6.07) is 12.8. The molecule has 0 bridgehead atoms. The number of para-hydroxylation sites is 1. The lowest BCUT2D eigenvalue weighted by atomic mass is 10.0. The standard InChI is InChI=1S/C22H28N2O4/c1-5-12-27-19-9-7-6-8-18(19)22(26)24-23-21(25)14-28-20-13-16(4)10-11-17(20)15(2)3/h6-11,13,15H,5,12,14H2,1-4H3,(H,23,25)(H,24,26). The average molecular weight is 384 g/mol. The molecule has 0 unspecified atom stereocenters. The highest BCUT2D eigenvalue weighted by atomic mass is 16.5. The topological polar surface area (TPSA) is 76.7 Å². The SMILES string of the molecule is CCCOc1ccccc1C(=O)NNC(=O)COc1cc(C)ccc1C(C)C. The molecule has 6 nitrogen and oxygen atoms in total. The maximum atomic E-state index is 12.3. The second-order valence-electron chi connectivity index (χ2n) is 6.83. The summed E-state index contributed by atoms with van der Waals surface area (Å²) in [6.07, 6.45) is 0.835. The summed E-state index contributed by atoms with van der Waals surface area (Å²) in [7, 11) is 0. The van der Waals surface area contributed by atoms with Crippen molar-refractivity contribution in [1.82, 2.24) is 10.9 Å². The van der Waals surface area contributed by atoms with Gasteiger partial charge >= 0.3 is 0 Å². The van der Waals surface area contributed by atoms with Crippen molar-refractivity contribution in [3.63, 3.8) is 0 Å². The molecule has 2 aromatic rings. The molecule has 0 heterocycles.